The van der Waals surface area contributed by atoms with Crippen molar-refractivity contribution in [3.63, 3.8) is 0 Å². The molecule has 0 atom stereocenters. The lowest BCUT2D eigenvalue weighted by Crippen LogP contribution is -2.05. The fourth-order valence-corrected chi connectivity index (χ4v) is 3.36. The summed E-state index contributed by atoms with van der Waals surface area (Å²) in [6.45, 7) is 3.03. The quantitative estimate of drug-likeness (QED) is 0.384. The predicted octanol–water partition coefficient (Wildman–Crippen LogP) is 7.18. The first kappa shape index (κ1) is 19.1. The Hall–Kier alpha value is -2.68. The lowest BCUT2D eigenvalue weighted by Gasteiger charge is -2.14. The largest absolute Gasteiger partial charge is 0.434 e. The highest BCUT2D eigenvalue weighted by Gasteiger charge is 2.14. The smallest absolute Gasteiger partial charge is 0.387 e. The van der Waals surface area contributed by atoms with Crippen LogP contribution >= 0.6 is 0 Å². The van der Waals surface area contributed by atoms with Gasteiger partial charge in [-0.05, 0) is 53.0 Å². The number of fused-ring (bicyclic) bond motifs is 1. The third kappa shape index (κ3) is 4.54. The summed E-state index contributed by atoms with van der Waals surface area (Å²) in [5.41, 5.74) is 4.28. The summed E-state index contributed by atoms with van der Waals surface area (Å²) in [6.07, 6.45) is 5.31. The van der Waals surface area contributed by atoms with E-state index < -0.39 is 6.61 Å². The normalized spacial score (nSPS) is 11.1. The summed E-state index contributed by atoms with van der Waals surface area (Å²) < 4.78 is 30.8. The molecular weight excluding hydrogens is 342 g/mol. The van der Waals surface area contributed by atoms with Crippen molar-refractivity contribution in [1.82, 2.24) is 0 Å². The number of alkyl halides is 2. The van der Waals surface area contributed by atoms with Crippen LogP contribution in [0.5, 0.6) is 5.75 Å². The Labute approximate surface area is 159 Å². The zero-order chi connectivity index (χ0) is 19.2. The number of allylic oxidation sites excluding steroid dienone is 1. The van der Waals surface area contributed by atoms with Gasteiger partial charge in [0.2, 0.25) is 0 Å². The maximum absolute atomic E-state index is 13.0. The van der Waals surface area contributed by atoms with Crippen LogP contribution < -0.4 is 4.74 Å². The van der Waals surface area contributed by atoms with Crippen LogP contribution in [0.25, 0.3) is 21.9 Å². The maximum atomic E-state index is 13.0. The maximum Gasteiger partial charge on any atom is 0.387 e. The molecular formula is C24H24F2O. The molecule has 3 heteroatoms. The summed E-state index contributed by atoms with van der Waals surface area (Å²) >= 11 is 0. The van der Waals surface area contributed by atoms with Gasteiger partial charge in [0.25, 0.3) is 0 Å². The first-order valence-corrected chi connectivity index (χ1v) is 9.33. The number of halogens is 2. The molecule has 0 spiro atoms. The highest BCUT2D eigenvalue weighted by atomic mass is 19.3. The highest BCUT2D eigenvalue weighted by Crippen LogP contribution is 2.34. The van der Waals surface area contributed by atoms with Crippen LogP contribution in [-0.2, 0) is 12.8 Å². The van der Waals surface area contributed by atoms with Crippen molar-refractivity contribution in [3.05, 3.63) is 78.4 Å². The Bertz CT molecular complexity index is 914. The Morgan fingerprint density at radius 3 is 2.37 bits per heavy atom. The van der Waals surface area contributed by atoms with Gasteiger partial charge < -0.3 is 4.74 Å². The van der Waals surface area contributed by atoms with Crippen molar-refractivity contribution in [2.75, 3.05) is 0 Å². The van der Waals surface area contributed by atoms with Gasteiger partial charge in [-0.1, -0.05) is 68.0 Å². The van der Waals surface area contributed by atoms with Crippen molar-refractivity contribution in [2.24, 2.45) is 0 Å². The molecule has 0 N–H and O–H groups in total. The Morgan fingerprint density at radius 1 is 0.963 bits per heavy atom. The molecule has 3 rings (SSSR count). The van der Waals surface area contributed by atoms with Crippen LogP contribution in [0.1, 0.15) is 30.9 Å². The third-order valence-corrected chi connectivity index (χ3v) is 4.70. The number of ether oxygens (including phenoxy) is 1. The van der Waals surface area contributed by atoms with Gasteiger partial charge in [0.15, 0.2) is 0 Å². The molecule has 0 heterocycles. The van der Waals surface area contributed by atoms with Gasteiger partial charge >= 0.3 is 6.61 Å². The molecule has 0 saturated carbocycles. The van der Waals surface area contributed by atoms with Crippen LogP contribution in [0, 0.1) is 0 Å². The zero-order valence-electron chi connectivity index (χ0n) is 15.6. The average Bonchev–Trinajstić information content (AvgIpc) is 2.67. The Balaban J connectivity index is 2.00. The Morgan fingerprint density at radius 2 is 1.70 bits per heavy atom. The number of aryl methyl sites for hydroxylation is 2. The molecule has 0 radical (unpaired) electrons. The fraction of sp³-hybridized carbons (Fsp3) is 0.250. The van der Waals surface area contributed by atoms with E-state index in [4.69, 9.17) is 4.74 Å². The van der Waals surface area contributed by atoms with Gasteiger partial charge in [-0.25, -0.2) is 0 Å². The molecule has 3 aromatic carbocycles. The van der Waals surface area contributed by atoms with Gasteiger partial charge in [-0.3, -0.25) is 0 Å². The number of rotatable bonds is 8. The molecule has 0 fully saturated rings. The van der Waals surface area contributed by atoms with Crippen LogP contribution in [-0.4, -0.2) is 6.61 Å². The molecule has 0 aliphatic heterocycles. The molecule has 3 aromatic rings. The van der Waals surface area contributed by atoms with E-state index in [-0.39, 0.29) is 5.75 Å². The molecule has 0 unspecified atom stereocenters. The topological polar surface area (TPSA) is 9.23 Å². The second-order valence-corrected chi connectivity index (χ2v) is 6.64. The van der Waals surface area contributed by atoms with Crippen LogP contribution in [0.4, 0.5) is 8.78 Å². The van der Waals surface area contributed by atoms with E-state index in [1.165, 1.54) is 5.56 Å². The van der Waals surface area contributed by atoms with Gasteiger partial charge in [-0.2, -0.15) is 8.78 Å². The first-order valence-electron chi connectivity index (χ1n) is 9.33. The summed E-state index contributed by atoms with van der Waals surface area (Å²) in [4.78, 5) is 0. The molecule has 0 aromatic heterocycles. The zero-order valence-corrected chi connectivity index (χ0v) is 15.6. The summed E-state index contributed by atoms with van der Waals surface area (Å²) in [7, 11) is 0. The summed E-state index contributed by atoms with van der Waals surface area (Å²) in [5.74, 6) is 0.272. The average molecular weight is 366 g/mol. The minimum absolute atomic E-state index is 0.272. The van der Waals surface area contributed by atoms with Gasteiger partial charge in [-0.15, -0.1) is 6.58 Å². The van der Waals surface area contributed by atoms with E-state index in [9.17, 15) is 8.78 Å². The number of benzene rings is 3. The standard InChI is InChI=1S/C24H24F2O/c1-3-5-7-19-12-13-21-16-20(14-15-22(21)23(19)27-24(25)26)18-10-8-17(6-4-2)9-11-18/h3,8-16,24H,1,4-7H2,2H3. The van der Waals surface area contributed by atoms with Crippen molar-refractivity contribution >= 4 is 10.8 Å². The van der Waals surface area contributed by atoms with Crippen molar-refractivity contribution in [3.8, 4) is 16.9 Å². The highest BCUT2D eigenvalue weighted by molar-refractivity contribution is 5.93. The molecule has 0 amide bonds. The fourth-order valence-electron chi connectivity index (χ4n) is 3.36. The van der Waals surface area contributed by atoms with Crippen molar-refractivity contribution < 1.29 is 13.5 Å². The summed E-state index contributed by atoms with van der Waals surface area (Å²) in [5, 5.41) is 1.60. The summed E-state index contributed by atoms with van der Waals surface area (Å²) in [6, 6.07) is 18.2. The van der Waals surface area contributed by atoms with E-state index in [1.807, 2.05) is 30.3 Å². The van der Waals surface area contributed by atoms with Gasteiger partial charge in [0.05, 0.1) is 0 Å². The molecule has 140 valence electrons. The SMILES string of the molecule is C=CCCc1ccc2cc(-c3ccc(CCC)cc3)ccc2c1OC(F)F. The Kier molecular flexibility index (Phi) is 6.23. The van der Waals surface area contributed by atoms with E-state index in [0.29, 0.717) is 18.2 Å². The number of hydrogen-bond acceptors (Lipinski definition) is 1. The molecule has 0 aliphatic rings. The van der Waals surface area contributed by atoms with E-state index >= 15 is 0 Å². The minimum Gasteiger partial charge on any atom is -0.434 e. The van der Waals surface area contributed by atoms with Crippen molar-refractivity contribution in [1.29, 1.82) is 0 Å². The van der Waals surface area contributed by atoms with Crippen LogP contribution in [0.3, 0.4) is 0 Å². The van der Waals surface area contributed by atoms with Crippen molar-refractivity contribution in [2.45, 2.75) is 39.2 Å². The third-order valence-electron chi connectivity index (χ3n) is 4.70. The molecule has 0 saturated heterocycles. The molecule has 27 heavy (non-hydrogen) atoms. The van der Waals surface area contributed by atoms with E-state index in [0.717, 1.165) is 34.9 Å². The lowest BCUT2D eigenvalue weighted by atomic mass is 9.97. The lowest BCUT2D eigenvalue weighted by molar-refractivity contribution is -0.0493. The van der Waals surface area contributed by atoms with Crippen LogP contribution in [0.2, 0.25) is 0 Å². The monoisotopic (exact) mass is 366 g/mol. The minimum atomic E-state index is -2.84. The first-order chi connectivity index (χ1) is 13.1. The molecule has 1 nitrogen and oxygen atoms in total. The van der Waals surface area contributed by atoms with E-state index in [2.05, 4.69) is 37.8 Å². The second kappa shape index (κ2) is 8.81. The second-order valence-electron chi connectivity index (χ2n) is 6.64. The van der Waals surface area contributed by atoms with E-state index in [1.54, 1.807) is 6.08 Å². The van der Waals surface area contributed by atoms with Gasteiger partial charge in [0.1, 0.15) is 5.75 Å². The van der Waals surface area contributed by atoms with Crippen LogP contribution in [0.15, 0.2) is 67.3 Å². The predicted molar refractivity (Wildman–Crippen MR) is 109 cm³/mol. The molecule has 0 bridgehead atoms. The number of hydrogen-bond donors (Lipinski definition) is 0. The van der Waals surface area contributed by atoms with Gasteiger partial charge in [0, 0.05) is 5.39 Å². The molecule has 0 aliphatic carbocycles.